The molecule has 0 saturated heterocycles. The molecule has 0 amide bonds. The Labute approximate surface area is 121 Å². The largest absolute Gasteiger partial charge is 0.377 e. The van der Waals surface area contributed by atoms with Crippen LogP contribution in [0, 0.1) is 10.1 Å². The van der Waals surface area contributed by atoms with Crippen LogP contribution in [0.3, 0.4) is 0 Å². The third-order valence-corrected chi connectivity index (χ3v) is 3.17. The van der Waals surface area contributed by atoms with E-state index < -0.39 is 10.9 Å². The predicted octanol–water partition coefficient (Wildman–Crippen LogP) is 2.08. The molecular weight excluding hydrogens is 274 g/mol. The summed E-state index contributed by atoms with van der Waals surface area (Å²) in [7, 11) is 0. The molecule has 7 heteroatoms. The van der Waals surface area contributed by atoms with E-state index in [2.05, 4.69) is 9.99 Å². The van der Waals surface area contributed by atoms with Gasteiger partial charge < -0.3 is 9.74 Å². The summed E-state index contributed by atoms with van der Waals surface area (Å²) in [5, 5.41) is 14.8. The Balaban J connectivity index is 2.48. The van der Waals surface area contributed by atoms with Gasteiger partial charge in [0.25, 0.3) is 5.69 Å². The van der Waals surface area contributed by atoms with Crippen LogP contribution in [0.25, 0.3) is 0 Å². The van der Waals surface area contributed by atoms with Crippen LogP contribution < -0.4 is 0 Å². The first-order chi connectivity index (χ1) is 10.1. The molecule has 21 heavy (non-hydrogen) atoms. The second-order valence-corrected chi connectivity index (χ2v) is 4.36. The van der Waals surface area contributed by atoms with Gasteiger partial charge in [-0.2, -0.15) is 0 Å². The van der Waals surface area contributed by atoms with Crippen molar-refractivity contribution in [1.82, 2.24) is 4.90 Å². The van der Waals surface area contributed by atoms with E-state index in [4.69, 9.17) is 0 Å². The van der Waals surface area contributed by atoms with Crippen molar-refractivity contribution in [3.63, 3.8) is 0 Å². The Morgan fingerprint density at radius 1 is 1.33 bits per heavy atom. The molecule has 0 aromatic heterocycles. The van der Waals surface area contributed by atoms with E-state index in [9.17, 15) is 14.9 Å². The summed E-state index contributed by atoms with van der Waals surface area (Å²) >= 11 is 0. The van der Waals surface area contributed by atoms with Gasteiger partial charge in [-0.15, -0.1) is 0 Å². The summed E-state index contributed by atoms with van der Waals surface area (Å²) in [6.07, 6.45) is 1.63. The third-order valence-electron chi connectivity index (χ3n) is 3.17. The third kappa shape index (κ3) is 2.91. The quantitative estimate of drug-likeness (QED) is 0.358. The van der Waals surface area contributed by atoms with Crippen molar-refractivity contribution in [3.05, 3.63) is 51.7 Å². The van der Waals surface area contributed by atoms with E-state index in [1.54, 1.807) is 24.4 Å². The molecule has 1 aromatic carbocycles. The van der Waals surface area contributed by atoms with Gasteiger partial charge in [-0.1, -0.05) is 17.3 Å². The lowest BCUT2D eigenvalue weighted by Crippen LogP contribution is -2.20. The predicted molar refractivity (Wildman–Crippen MR) is 76.7 cm³/mol. The van der Waals surface area contributed by atoms with Crippen LogP contribution in [-0.4, -0.2) is 34.6 Å². The molecule has 1 aromatic rings. The lowest BCUT2D eigenvalue weighted by Gasteiger charge is -2.15. The molecule has 0 bridgehead atoms. The molecule has 1 aliphatic heterocycles. The standard InChI is InChI=1S/C14H15N3O4/c1-3-16(4-2)9-11-13(15-21-14(11)18)10-7-5-6-8-12(10)17(19)20/h5-9H,3-4H2,1-2H3/b11-9-. The summed E-state index contributed by atoms with van der Waals surface area (Å²) in [6, 6.07) is 6.14. The number of oxime groups is 1. The summed E-state index contributed by atoms with van der Waals surface area (Å²) in [5.74, 6) is -0.602. The molecule has 0 fully saturated rings. The summed E-state index contributed by atoms with van der Waals surface area (Å²) in [6.45, 7) is 5.31. The zero-order valence-electron chi connectivity index (χ0n) is 11.8. The molecule has 0 unspecified atom stereocenters. The monoisotopic (exact) mass is 289 g/mol. The van der Waals surface area contributed by atoms with Gasteiger partial charge in [0.2, 0.25) is 0 Å². The van der Waals surface area contributed by atoms with Crippen molar-refractivity contribution in [1.29, 1.82) is 0 Å². The van der Waals surface area contributed by atoms with E-state index in [1.165, 1.54) is 6.07 Å². The minimum atomic E-state index is -0.602. The minimum Gasteiger partial charge on any atom is -0.377 e. The molecule has 0 spiro atoms. The number of nitro groups is 1. The molecule has 0 N–H and O–H groups in total. The van der Waals surface area contributed by atoms with Crippen molar-refractivity contribution in [2.75, 3.05) is 13.1 Å². The molecule has 1 heterocycles. The van der Waals surface area contributed by atoms with E-state index in [-0.39, 0.29) is 22.5 Å². The summed E-state index contributed by atoms with van der Waals surface area (Å²) < 4.78 is 0. The number of nitrogens with zero attached hydrogens (tertiary/aromatic N) is 3. The molecule has 1 aliphatic rings. The number of rotatable bonds is 5. The van der Waals surface area contributed by atoms with Crippen LogP contribution in [0.2, 0.25) is 0 Å². The number of carbonyl (C=O) groups excluding carboxylic acids is 1. The molecule has 2 rings (SSSR count). The topological polar surface area (TPSA) is 85.0 Å². The SMILES string of the molecule is CCN(/C=C1\C(=O)ON=C1c1ccccc1[N+](=O)[O-])CC. The number of para-hydroxylation sites is 1. The van der Waals surface area contributed by atoms with Crippen LogP contribution in [0.1, 0.15) is 19.4 Å². The highest BCUT2D eigenvalue weighted by atomic mass is 16.7. The second-order valence-electron chi connectivity index (χ2n) is 4.36. The lowest BCUT2D eigenvalue weighted by atomic mass is 10.0. The fourth-order valence-corrected chi connectivity index (χ4v) is 2.01. The molecule has 0 saturated carbocycles. The van der Waals surface area contributed by atoms with Crippen LogP contribution in [0.15, 0.2) is 41.2 Å². The first kappa shape index (κ1) is 14.7. The number of benzene rings is 1. The maximum absolute atomic E-state index is 11.8. The highest BCUT2D eigenvalue weighted by Crippen LogP contribution is 2.25. The van der Waals surface area contributed by atoms with Crippen molar-refractivity contribution >= 4 is 17.4 Å². The zero-order valence-corrected chi connectivity index (χ0v) is 11.8. The maximum atomic E-state index is 11.8. The van der Waals surface area contributed by atoms with Crippen molar-refractivity contribution in [2.45, 2.75) is 13.8 Å². The Morgan fingerprint density at radius 3 is 2.62 bits per heavy atom. The first-order valence-corrected chi connectivity index (χ1v) is 6.57. The zero-order chi connectivity index (χ0) is 15.4. The molecule has 0 aliphatic carbocycles. The normalized spacial score (nSPS) is 15.8. The maximum Gasteiger partial charge on any atom is 0.369 e. The van der Waals surface area contributed by atoms with Crippen LogP contribution in [0.5, 0.6) is 0 Å². The lowest BCUT2D eigenvalue weighted by molar-refractivity contribution is -0.385. The van der Waals surface area contributed by atoms with Gasteiger partial charge in [0.1, 0.15) is 11.3 Å². The number of hydrogen-bond donors (Lipinski definition) is 0. The molecule has 7 nitrogen and oxygen atoms in total. The smallest absolute Gasteiger partial charge is 0.369 e. The summed E-state index contributed by atoms with van der Waals surface area (Å²) in [5.41, 5.74) is 0.582. The van der Waals surface area contributed by atoms with Gasteiger partial charge >= 0.3 is 5.97 Å². The van der Waals surface area contributed by atoms with E-state index in [0.717, 1.165) is 0 Å². The Bertz CT molecular complexity index is 633. The average molecular weight is 289 g/mol. The molecular formula is C14H15N3O4. The number of nitro benzene ring substituents is 1. The number of hydrogen-bond acceptors (Lipinski definition) is 6. The van der Waals surface area contributed by atoms with Crippen LogP contribution >= 0.6 is 0 Å². The van der Waals surface area contributed by atoms with Gasteiger partial charge in [-0.05, 0) is 19.9 Å². The van der Waals surface area contributed by atoms with Gasteiger partial charge in [-0.3, -0.25) is 10.1 Å². The van der Waals surface area contributed by atoms with E-state index >= 15 is 0 Å². The molecule has 0 atom stereocenters. The molecule has 0 radical (unpaired) electrons. The van der Waals surface area contributed by atoms with Gasteiger partial charge in [0.05, 0.1) is 10.5 Å². The van der Waals surface area contributed by atoms with Crippen LogP contribution in [0.4, 0.5) is 5.69 Å². The fourth-order valence-electron chi connectivity index (χ4n) is 2.01. The van der Waals surface area contributed by atoms with Crippen molar-refractivity contribution in [3.8, 4) is 0 Å². The average Bonchev–Trinajstić information content (AvgIpc) is 2.85. The summed E-state index contributed by atoms with van der Waals surface area (Å²) in [4.78, 5) is 29.0. The first-order valence-electron chi connectivity index (χ1n) is 6.57. The van der Waals surface area contributed by atoms with E-state index in [1.807, 2.05) is 18.7 Å². The minimum absolute atomic E-state index is 0.111. The Morgan fingerprint density at radius 2 is 2.00 bits per heavy atom. The fraction of sp³-hybridized carbons (Fsp3) is 0.286. The highest BCUT2D eigenvalue weighted by molar-refractivity contribution is 6.29. The van der Waals surface area contributed by atoms with Gasteiger partial charge in [0.15, 0.2) is 0 Å². The molecule has 110 valence electrons. The van der Waals surface area contributed by atoms with Gasteiger partial charge in [-0.25, -0.2) is 4.79 Å². The Kier molecular flexibility index (Phi) is 4.32. The van der Waals surface area contributed by atoms with E-state index in [0.29, 0.717) is 13.1 Å². The van der Waals surface area contributed by atoms with Crippen molar-refractivity contribution < 1.29 is 14.6 Å². The van der Waals surface area contributed by atoms with Gasteiger partial charge in [0, 0.05) is 25.4 Å². The Hall–Kier alpha value is -2.70. The highest BCUT2D eigenvalue weighted by Gasteiger charge is 2.31. The van der Waals surface area contributed by atoms with Crippen LogP contribution in [-0.2, 0) is 9.63 Å². The van der Waals surface area contributed by atoms with Crippen molar-refractivity contribution in [2.24, 2.45) is 5.16 Å². The number of carbonyl (C=O) groups is 1. The second kappa shape index (κ2) is 6.17.